The van der Waals surface area contributed by atoms with Crippen LogP contribution >= 0.6 is 11.6 Å². The molecule has 0 heterocycles. The molecule has 0 bridgehead atoms. The molecule has 0 aromatic heterocycles. The molecule has 2 aromatic rings. The predicted octanol–water partition coefficient (Wildman–Crippen LogP) is 3.22. The summed E-state index contributed by atoms with van der Waals surface area (Å²) in [5, 5.41) is 5.64. The van der Waals surface area contributed by atoms with Crippen molar-refractivity contribution in [1.82, 2.24) is 5.32 Å². The van der Waals surface area contributed by atoms with Crippen molar-refractivity contribution in [2.45, 2.75) is 19.3 Å². The average Bonchev–Trinajstić information content (AvgIpc) is 2.75. The molecule has 0 spiro atoms. The summed E-state index contributed by atoms with van der Waals surface area (Å²) < 4.78 is 9.81. The second kappa shape index (κ2) is 12.6. The first-order valence-electron chi connectivity index (χ1n) is 9.55. The summed E-state index contributed by atoms with van der Waals surface area (Å²) in [6.45, 7) is -0.00423. The highest BCUT2D eigenvalue weighted by Gasteiger charge is 2.15. The third kappa shape index (κ3) is 8.23. The summed E-state index contributed by atoms with van der Waals surface area (Å²) in [5.74, 6) is -1.41. The average molecular weight is 433 g/mol. The predicted molar refractivity (Wildman–Crippen MR) is 115 cm³/mol. The van der Waals surface area contributed by atoms with Gasteiger partial charge < -0.3 is 20.1 Å². The van der Waals surface area contributed by atoms with Gasteiger partial charge in [-0.1, -0.05) is 41.9 Å². The van der Waals surface area contributed by atoms with Crippen molar-refractivity contribution in [2.75, 3.05) is 32.2 Å². The third-order valence-corrected chi connectivity index (χ3v) is 4.42. The summed E-state index contributed by atoms with van der Waals surface area (Å²) in [7, 11) is 1.23. The Labute approximate surface area is 180 Å². The van der Waals surface area contributed by atoms with Crippen LogP contribution in [0.2, 0.25) is 5.02 Å². The van der Waals surface area contributed by atoms with Crippen molar-refractivity contribution in [3.8, 4) is 0 Å². The number of aryl methyl sites for hydroxylation is 1. The Morgan fingerprint density at radius 1 is 0.967 bits per heavy atom. The fourth-order valence-electron chi connectivity index (χ4n) is 2.70. The number of unbranched alkanes of at least 4 members (excludes halogenated alkanes) is 1. The molecule has 0 unspecified atom stereocenters. The van der Waals surface area contributed by atoms with Crippen molar-refractivity contribution < 1.29 is 23.9 Å². The van der Waals surface area contributed by atoms with Gasteiger partial charge in [0.25, 0.3) is 0 Å². The van der Waals surface area contributed by atoms with E-state index in [2.05, 4.69) is 27.5 Å². The number of benzene rings is 2. The minimum absolute atomic E-state index is 0.131. The van der Waals surface area contributed by atoms with Gasteiger partial charge in [-0.2, -0.15) is 0 Å². The van der Waals surface area contributed by atoms with Gasteiger partial charge in [0.1, 0.15) is 13.2 Å². The molecule has 0 atom stereocenters. The lowest BCUT2D eigenvalue weighted by Gasteiger charge is -2.10. The zero-order chi connectivity index (χ0) is 21.8. The molecule has 0 aliphatic rings. The van der Waals surface area contributed by atoms with Crippen LogP contribution in [-0.2, 0) is 25.5 Å². The largest absolute Gasteiger partial charge is 0.465 e. The van der Waals surface area contributed by atoms with Gasteiger partial charge in [-0.3, -0.25) is 9.59 Å². The second-order valence-electron chi connectivity index (χ2n) is 6.52. The van der Waals surface area contributed by atoms with Crippen LogP contribution in [0.15, 0.2) is 48.5 Å². The molecule has 7 nitrogen and oxygen atoms in total. The highest BCUT2D eigenvalue weighted by Crippen LogP contribution is 2.21. The first-order valence-corrected chi connectivity index (χ1v) is 9.93. The van der Waals surface area contributed by atoms with Gasteiger partial charge in [0.15, 0.2) is 0 Å². The van der Waals surface area contributed by atoms with E-state index in [1.807, 2.05) is 18.2 Å². The van der Waals surface area contributed by atoms with E-state index in [9.17, 15) is 14.4 Å². The van der Waals surface area contributed by atoms with Crippen molar-refractivity contribution in [2.24, 2.45) is 0 Å². The Kier molecular flexibility index (Phi) is 9.83. The van der Waals surface area contributed by atoms with Crippen molar-refractivity contribution in [3.63, 3.8) is 0 Å². The number of ether oxygens (including phenoxy) is 2. The lowest BCUT2D eigenvalue weighted by atomic mass is 10.1. The third-order valence-electron chi connectivity index (χ3n) is 4.18. The monoisotopic (exact) mass is 432 g/mol. The minimum atomic E-state index is -0.625. The van der Waals surface area contributed by atoms with Crippen molar-refractivity contribution in [1.29, 1.82) is 0 Å². The van der Waals surface area contributed by atoms with E-state index in [1.165, 1.54) is 30.9 Å². The van der Waals surface area contributed by atoms with E-state index in [-0.39, 0.29) is 30.4 Å². The number of rotatable bonds is 11. The molecule has 0 aliphatic heterocycles. The normalized spacial score (nSPS) is 10.3. The number of esters is 1. The molecule has 2 aromatic carbocycles. The number of hydrogen-bond donors (Lipinski definition) is 2. The highest BCUT2D eigenvalue weighted by molar-refractivity contribution is 6.31. The lowest BCUT2D eigenvalue weighted by molar-refractivity contribution is -0.128. The highest BCUT2D eigenvalue weighted by atomic mass is 35.5. The molecule has 0 saturated heterocycles. The van der Waals surface area contributed by atoms with Crippen LogP contribution in [0.4, 0.5) is 5.69 Å². The fourth-order valence-corrected chi connectivity index (χ4v) is 2.88. The Hall–Kier alpha value is -2.90. The number of carbonyl (C=O) groups is 3. The SMILES string of the molecule is COC(=O)c1cc(Cl)ccc1NC(=O)COCC(=O)NCCCCc1ccccc1. The summed E-state index contributed by atoms with van der Waals surface area (Å²) >= 11 is 5.88. The lowest BCUT2D eigenvalue weighted by Crippen LogP contribution is -2.30. The van der Waals surface area contributed by atoms with Crippen LogP contribution in [0.1, 0.15) is 28.8 Å². The smallest absolute Gasteiger partial charge is 0.340 e. The van der Waals surface area contributed by atoms with Gasteiger partial charge in [-0.15, -0.1) is 0 Å². The van der Waals surface area contributed by atoms with Crippen LogP contribution in [0.25, 0.3) is 0 Å². The maximum absolute atomic E-state index is 12.0. The standard InChI is InChI=1S/C22H25ClN2O5/c1-29-22(28)18-13-17(23)10-11-19(18)25-21(27)15-30-14-20(26)24-12-6-5-9-16-7-3-2-4-8-16/h2-4,7-8,10-11,13H,5-6,9,12,14-15H2,1H3,(H,24,26)(H,25,27). The Morgan fingerprint density at radius 2 is 1.70 bits per heavy atom. The van der Waals surface area contributed by atoms with Crippen LogP contribution in [0.3, 0.4) is 0 Å². The van der Waals surface area contributed by atoms with Crippen LogP contribution in [-0.4, -0.2) is 44.7 Å². The molecular formula is C22H25ClN2O5. The number of methoxy groups -OCH3 is 1. The number of hydrogen-bond acceptors (Lipinski definition) is 5. The molecule has 0 aliphatic carbocycles. The molecular weight excluding hydrogens is 408 g/mol. The van der Waals surface area contributed by atoms with Crippen molar-refractivity contribution in [3.05, 3.63) is 64.7 Å². The molecule has 2 rings (SSSR count). The second-order valence-corrected chi connectivity index (χ2v) is 6.95. The zero-order valence-corrected chi connectivity index (χ0v) is 17.5. The summed E-state index contributed by atoms with van der Waals surface area (Å²) in [5.41, 5.74) is 1.66. The van der Waals surface area contributed by atoms with Gasteiger partial charge in [0, 0.05) is 11.6 Å². The number of halogens is 1. The number of carbonyl (C=O) groups excluding carboxylic acids is 3. The van der Waals surface area contributed by atoms with E-state index in [0.29, 0.717) is 11.6 Å². The Balaban J connectivity index is 1.63. The minimum Gasteiger partial charge on any atom is -0.465 e. The molecule has 0 saturated carbocycles. The summed E-state index contributed by atoms with van der Waals surface area (Å²) in [6, 6.07) is 14.6. The van der Waals surface area contributed by atoms with E-state index in [0.717, 1.165) is 19.3 Å². The molecule has 2 amide bonds. The van der Waals surface area contributed by atoms with E-state index < -0.39 is 11.9 Å². The van der Waals surface area contributed by atoms with Crippen LogP contribution in [0.5, 0.6) is 0 Å². The van der Waals surface area contributed by atoms with Gasteiger partial charge in [0.05, 0.1) is 18.4 Å². The molecule has 160 valence electrons. The molecule has 30 heavy (non-hydrogen) atoms. The molecule has 2 N–H and O–H groups in total. The topological polar surface area (TPSA) is 93.7 Å². The molecule has 0 radical (unpaired) electrons. The van der Waals surface area contributed by atoms with Gasteiger partial charge >= 0.3 is 5.97 Å². The van der Waals surface area contributed by atoms with E-state index in [1.54, 1.807) is 0 Å². The van der Waals surface area contributed by atoms with Crippen LogP contribution < -0.4 is 10.6 Å². The first-order chi connectivity index (χ1) is 14.5. The zero-order valence-electron chi connectivity index (χ0n) is 16.8. The number of amides is 2. The maximum atomic E-state index is 12.0. The summed E-state index contributed by atoms with van der Waals surface area (Å²) in [4.78, 5) is 35.6. The Morgan fingerprint density at radius 3 is 2.43 bits per heavy atom. The quantitative estimate of drug-likeness (QED) is 0.420. The molecule has 8 heteroatoms. The van der Waals surface area contributed by atoms with E-state index in [4.69, 9.17) is 16.3 Å². The Bertz CT molecular complexity index is 858. The van der Waals surface area contributed by atoms with Crippen LogP contribution in [0, 0.1) is 0 Å². The number of nitrogens with one attached hydrogen (secondary N) is 2. The maximum Gasteiger partial charge on any atom is 0.340 e. The van der Waals surface area contributed by atoms with Crippen molar-refractivity contribution >= 4 is 35.1 Å². The van der Waals surface area contributed by atoms with Gasteiger partial charge in [0.2, 0.25) is 11.8 Å². The van der Waals surface area contributed by atoms with Gasteiger partial charge in [-0.25, -0.2) is 4.79 Å². The van der Waals surface area contributed by atoms with E-state index >= 15 is 0 Å². The molecule has 0 fully saturated rings. The first kappa shape index (κ1) is 23.4. The summed E-state index contributed by atoms with van der Waals surface area (Å²) in [6.07, 6.45) is 2.79. The van der Waals surface area contributed by atoms with Gasteiger partial charge in [-0.05, 0) is 43.0 Å². The fraction of sp³-hybridized carbons (Fsp3) is 0.318. The number of anilines is 1.